The van der Waals surface area contributed by atoms with Gasteiger partial charge >= 0.3 is 0 Å². The summed E-state index contributed by atoms with van der Waals surface area (Å²) in [5, 5.41) is 23.2. The first-order valence-electron chi connectivity index (χ1n) is 43.7. The van der Waals surface area contributed by atoms with Gasteiger partial charge < -0.3 is 42.1 Å². The lowest BCUT2D eigenvalue weighted by atomic mass is 9.70. The van der Waals surface area contributed by atoms with Crippen molar-refractivity contribution < 1.29 is 104 Å². The van der Waals surface area contributed by atoms with Gasteiger partial charge in [0.1, 0.15) is 0 Å². The maximum Gasteiger partial charge on any atom is 0.264 e. The average Bonchev–Trinajstić information content (AvgIpc) is 0.839. The highest BCUT2D eigenvalue weighted by molar-refractivity contribution is 7.87. The molecule has 712 valence electrons. The van der Waals surface area contributed by atoms with E-state index in [2.05, 4.69) is 117 Å². The molecule has 7 saturated carbocycles. The van der Waals surface area contributed by atoms with Crippen molar-refractivity contribution in [3.8, 4) is 12.3 Å². The Hall–Kier alpha value is -1.48. The van der Waals surface area contributed by atoms with Gasteiger partial charge in [0, 0.05) is 35.7 Å². The van der Waals surface area contributed by atoms with Crippen LogP contribution in [-0.2, 0) is 80.9 Å². The van der Waals surface area contributed by atoms with Crippen molar-refractivity contribution in [3.63, 3.8) is 0 Å². The Morgan fingerprint density at radius 2 is 0.731 bits per heavy atom. The quantitative estimate of drug-likeness (QED) is 0.0154. The van der Waals surface area contributed by atoms with Gasteiger partial charge in [-0.15, -0.1) is 6.42 Å². The third-order valence-corrected chi connectivity index (χ3v) is 29.8. The van der Waals surface area contributed by atoms with Gasteiger partial charge in [0.15, 0.2) is 0 Å². The summed E-state index contributed by atoms with van der Waals surface area (Å²) in [7, 11) is -28.4. The molecule has 7 rings (SSSR count). The van der Waals surface area contributed by atoms with E-state index in [9.17, 15) is 67.3 Å². The van der Waals surface area contributed by atoms with Crippen LogP contribution in [0.3, 0.4) is 0 Å². The van der Waals surface area contributed by atoms with Gasteiger partial charge in [-0.1, -0.05) is 125 Å². The summed E-state index contributed by atoms with van der Waals surface area (Å²) in [6.45, 7) is 28.3. The lowest BCUT2D eigenvalue weighted by Crippen LogP contribution is -2.46. The fourth-order valence-electron chi connectivity index (χ4n) is 15.8. The molecule has 0 aliphatic heterocycles. The van der Waals surface area contributed by atoms with Crippen LogP contribution in [-0.4, -0.2) is 262 Å². The molecule has 0 saturated heterocycles. The Labute approximate surface area is 722 Å². The zero-order valence-corrected chi connectivity index (χ0v) is 80.6. The minimum Gasteiger partial charge on any atom is -0.316 e. The summed E-state index contributed by atoms with van der Waals surface area (Å²) >= 11 is 0. The minimum atomic E-state index is -3.85. The summed E-state index contributed by atoms with van der Waals surface area (Å²) < 4.78 is 236. The van der Waals surface area contributed by atoms with Gasteiger partial charge in [0.05, 0.1) is 51.6 Å². The number of nitrogens with zero attached hydrogens (tertiary/aromatic N) is 1. The molecule has 32 nitrogen and oxygen atoms in total. The predicted octanol–water partition coefficient (Wildman–Crippen LogP) is 10.6. The molecule has 40 heteroatoms. The first kappa shape index (κ1) is 118. The third kappa shape index (κ3) is 72.2. The number of hydrogen-bond acceptors (Lipinski definition) is 24. The Balaban J connectivity index is 0.00000134. The monoisotopic (exact) mass is 1860 g/mol. The standard InChI is InChI=1S/C12H25NO3S.C11H23NO3S.C11H19NO3S.3C10H21NO3S.C8H19NO3S.C7H15NO3S/c1-10-7-11(9-12(2,3)8-10)13-5-4-6-17(14,15)16;1-9-5-3-6-11(10(9)2)12-7-4-8-16(13,14)15;1-2-11(7-4-3-5-8-11)12-9-6-10-16(13,14)15;1-9-3-5-10(6-4-9)11-7-2-8-15(12,13)14;1-9-5-2-3-6-10(9)11-7-4-8-15(12,13)14;12-15(13,14)8-4-7-11-9-10-5-2-1-3-6-10;1-8(2,3)9(4)6-5-7-13(10,11)12;9-12(10,11)6-2-5-8-7-3-1-4-7/h10-11,13H,4-9H2,1-3H3,(H,14,15,16);9-12H,3-8H2,1-2H3,(H,13,14,15);1,12H,3-10H2,(H,13,14,15);2*9-11H,2-8H2,1H3,(H,12,13,14);10-11H,1-9H2,(H,12,13,14);5-7H2,1-4H3,(H,10,11,12);7-8H,1-6H2,(H,9,10,11)/t;;;;9-,10?;;;/m....0.../s1. The van der Waals surface area contributed by atoms with E-state index in [0.29, 0.717) is 151 Å². The molecule has 7 aliphatic rings. The summed E-state index contributed by atoms with van der Waals surface area (Å²) in [6, 6.07) is 2.65. The van der Waals surface area contributed by atoms with Crippen LogP contribution in [0.4, 0.5) is 0 Å². The second kappa shape index (κ2) is 60.3. The van der Waals surface area contributed by atoms with Crippen molar-refractivity contribution in [3.05, 3.63) is 0 Å². The van der Waals surface area contributed by atoms with E-state index in [0.717, 1.165) is 68.7 Å². The van der Waals surface area contributed by atoms with Crippen LogP contribution < -0.4 is 37.2 Å². The normalized spacial score (nSPS) is 24.0. The molecular weight excluding hydrogens is 1700 g/mol. The second-order valence-corrected chi connectivity index (χ2v) is 48.9. The third-order valence-electron chi connectivity index (χ3n) is 23.3. The van der Waals surface area contributed by atoms with Crippen LogP contribution in [0.15, 0.2) is 0 Å². The van der Waals surface area contributed by atoms with Crippen LogP contribution in [0.2, 0.25) is 0 Å². The number of rotatable bonds is 40. The smallest absolute Gasteiger partial charge is 0.264 e. The Kier molecular flexibility index (Phi) is 59.6. The van der Waals surface area contributed by atoms with E-state index in [-0.39, 0.29) is 57.1 Å². The van der Waals surface area contributed by atoms with Crippen LogP contribution in [0, 0.1) is 53.3 Å². The van der Waals surface area contributed by atoms with Crippen LogP contribution in [0.1, 0.15) is 294 Å². The van der Waals surface area contributed by atoms with E-state index in [1.807, 2.05) is 7.05 Å². The molecule has 7 atom stereocenters. The van der Waals surface area contributed by atoms with E-state index < -0.39 is 80.9 Å². The lowest BCUT2D eigenvalue weighted by molar-refractivity contribution is 0.152. The summed E-state index contributed by atoms with van der Waals surface area (Å²) in [5.41, 5.74) is 0.162. The molecule has 0 spiro atoms. The molecule has 0 bridgehead atoms. The van der Waals surface area contributed by atoms with Gasteiger partial charge in [-0.3, -0.25) is 36.4 Å². The molecule has 119 heavy (non-hydrogen) atoms. The first-order valence-corrected chi connectivity index (χ1v) is 56.6. The zero-order chi connectivity index (χ0) is 90.9. The van der Waals surface area contributed by atoms with E-state index >= 15 is 0 Å². The molecule has 0 aromatic carbocycles. The average molecular weight is 1870 g/mol. The number of hydrogen-bond donors (Lipinski definition) is 15. The van der Waals surface area contributed by atoms with Crippen molar-refractivity contribution >= 4 is 80.9 Å². The van der Waals surface area contributed by atoms with Crippen molar-refractivity contribution in [2.45, 2.75) is 335 Å². The summed E-state index contributed by atoms with van der Waals surface area (Å²) in [6.07, 6.45) is 42.2. The largest absolute Gasteiger partial charge is 0.316 e. The highest BCUT2D eigenvalue weighted by atomic mass is 32.2. The highest BCUT2D eigenvalue weighted by Gasteiger charge is 2.33. The van der Waals surface area contributed by atoms with Gasteiger partial charge in [0.2, 0.25) is 0 Å². The predicted molar refractivity (Wildman–Crippen MR) is 480 cm³/mol. The molecule has 15 N–H and O–H groups in total. The van der Waals surface area contributed by atoms with Crippen molar-refractivity contribution in [2.24, 2.45) is 40.9 Å². The van der Waals surface area contributed by atoms with Gasteiger partial charge in [-0.25, -0.2) is 0 Å². The van der Waals surface area contributed by atoms with Crippen LogP contribution in [0.5, 0.6) is 0 Å². The van der Waals surface area contributed by atoms with Crippen LogP contribution in [0.25, 0.3) is 0 Å². The molecule has 6 unspecified atom stereocenters. The highest BCUT2D eigenvalue weighted by Crippen LogP contribution is 2.39. The number of terminal acetylenes is 1. The summed E-state index contributed by atoms with van der Waals surface area (Å²) in [5.74, 6) is 6.00. The molecule has 0 aromatic rings. The topological polar surface area (TPSA) is 522 Å². The van der Waals surface area contributed by atoms with Crippen molar-refractivity contribution in [1.82, 2.24) is 42.1 Å². The fourth-order valence-corrected chi connectivity index (χ4v) is 19.9. The molecule has 7 aliphatic carbocycles. The Morgan fingerprint density at radius 3 is 1.13 bits per heavy atom. The second-order valence-electron chi connectivity index (χ2n) is 36.3. The van der Waals surface area contributed by atoms with E-state index in [1.165, 1.54) is 135 Å². The lowest BCUT2D eigenvalue weighted by Gasteiger charge is -2.39. The Morgan fingerprint density at radius 1 is 0.378 bits per heavy atom. The molecule has 0 radical (unpaired) electrons. The SMILES string of the molecule is C#CC1(NCCCS(=O)(=O)O)CCCCC1.CC1CC(NCCCS(=O)(=O)O)CC(C)(C)C1.CC1CCC(NCCCS(=O)(=O)O)CC1.CC1CCCC(NCCCS(=O)(=O)O)C1C.CN(CCCS(=O)(=O)O)C(C)(C)C.C[C@H]1CCCCC1NCCCS(=O)(=O)O.O=S(=O)(O)CCCNC1CCC1.O=S(=O)(O)CCCNCC1CCCCC1. The van der Waals surface area contributed by atoms with E-state index in [4.69, 9.17) is 42.8 Å². The first-order chi connectivity index (χ1) is 54.8. The molecule has 0 heterocycles. The molecule has 0 amide bonds. The number of nitrogens with one attached hydrogen (secondary N) is 7. The van der Waals surface area contributed by atoms with Crippen LogP contribution >= 0.6 is 0 Å². The maximum absolute atomic E-state index is 10.6. The van der Waals surface area contributed by atoms with Crippen molar-refractivity contribution in [1.29, 1.82) is 0 Å². The van der Waals surface area contributed by atoms with Crippen molar-refractivity contribution in [2.75, 3.05) is 112 Å². The zero-order valence-electron chi connectivity index (χ0n) is 74.0. The fraction of sp³-hybridized carbons (Fsp3) is 0.975. The summed E-state index contributed by atoms with van der Waals surface area (Å²) in [4.78, 5) is 2.05. The molecule has 0 aromatic heterocycles. The van der Waals surface area contributed by atoms with Gasteiger partial charge in [-0.2, -0.15) is 67.3 Å². The maximum atomic E-state index is 10.6. The molecular formula is C79H164N8O24S8. The molecule has 7 fully saturated rings. The van der Waals surface area contributed by atoms with Gasteiger partial charge in [-0.05, 0) is 282 Å². The van der Waals surface area contributed by atoms with E-state index in [1.54, 1.807) is 0 Å². The van der Waals surface area contributed by atoms with Gasteiger partial charge in [0.25, 0.3) is 80.9 Å². The Bertz CT molecular complexity index is 3680. The minimum absolute atomic E-state index is 0.0409.